The van der Waals surface area contributed by atoms with Crippen molar-refractivity contribution in [3.63, 3.8) is 0 Å². The van der Waals surface area contributed by atoms with Gasteiger partial charge in [-0.15, -0.1) is 12.4 Å². The van der Waals surface area contributed by atoms with Crippen LogP contribution in [0.2, 0.25) is 0 Å². The topological polar surface area (TPSA) is 29.3 Å². The lowest BCUT2D eigenvalue weighted by atomic mass is 9.88. The first-order valence-corrected chi connectivity index (χ1v) is 8.27. The lowest BCUT2D eigenvalue weighted by molar-refractivity contribution is 0.330. The first-order valence-electron chi connectivity index (χ1n) is 8.27. The number of nitrogens with zero attached hydrogens (tertiary/aromatic N) is 1. The Morgan fingerprint density at radius 3 is 2.68 bits per heavy atom. The molecule has 2 aromatic rings. The molecule has 0 amide bonds. The predicted octanol–water partition coefficient (Wildman–Crippen LogP) is 4.61. The minimum absolute atomic E-state index is 0. The number of halogens is 1. The molecule has 0 aliphatic carbocycles. The zero-order chi connectivity index (χ0) is 14.7. The standard InChI is InChI=1S/C19H26N2.ClH/c1-2-3-6-17-14-21(12-11-19(17)20)18-10-9-15-7-4-5-8-16(15)13-18;/h4-5,7-10,13,17,19H,2-3,6,11-12,14,20H2,1H3;1H/t17-,19+;/m1./s1. The molecule has 1 aliphatic heterocycles. The van der Waals surface area contributed by atoms with Gasteiger partial charge in [-0.05, 0) is 41.7 Å². The Labute approximate surface area is 140 Å². The van der Waals surface area contributed by atoms with Gasteiger partial charge in [0, 0.05) is 24.8 Å². The fraction of sp³-hybridized carbons (Fsp3) is 0.474. The smallest absolute Gasteiger partial charge is 0.0372 e. The maximum atomic E-state index is 6.32. The van der Waals surface area contributed by atoms with E-state index in [2.05, 4.69) is 54.3 Å². The lowest BCUT2D eigenvalue weighted by Gasteiger charge is -2.38. The summed E-state index contributed by atoms with van der Waals surface area (Å²) in [6, 6.07) is 15.8. The summed E-state index contributed by atoms with van der Waals surface area (Å²) in [5, 5.41) is 2.65. The Balaban J connectivity index is 0.00000176. The van der Waals surface area contributed by atoms with Gasteiger partial charge in [-0.2, -0.15) is 0 Å². The normalized spacial score (nSPS) is 21.6. The summed E-state index contributed by atoms with van der Waals surface area (Å²) in [6.45, 7) is 4.46. The highest BCUT2D eigenvalue weighted by molar-refractivity contribution is 5.86. The van der Waals surface area contributed by atoms with Crippen LogP contribution in [0, 0.1) is 5.92 Å². The molecule has 3 rings (SSSR count). The van der Waals surface area contributed by atoms with Crippen molar-refractivity contribution in [3.8, 4) is 0 Å². The van der Waals surface area contributed by atoms with Gasteiger partial charge in [0.25, 0.3) is 0 Å². The summed E-state index contributed by atoms with van der Waals surface area (Å²) in [6.07, 6.45) is 4.94. The maximum Gasteiger partial charge on any atom is 0.0372 e. The summed E-state index contributed by atoms with van der Waals surface area (Å²) >= 11 is 0. The number of hydrogen-bond donors (Lipinski definition) is 1. The van der Waals surface area contributed by atoms with Gasteiger partial charge in [0.1, 0.15) is 0 Å². The number of hydrogen-bond acceptors (Lipinski definition) is 2. The van der Waals surface area contributed by atoms with Crippen LogP contribution in [0.5, 0.6) is 0 Å². The molecule has 22 heavy (non-hydrogen) atoms. The quantitative estimate of drug-likeness (QED) is 0.892. The average Bonchev–Trinajstić information content (AvgIpc) is 2.53. The largest absolute Gasteiger partial charge is 0.371 e. The van der Waals surface area contributed by atoms with Crippen LogP contribution in [0.25, 0.3) is 10.8 Å². The summed E-state index contributed by atoms with van der Waals surface area (Å²) in [5.41, 5.74) is 7.67. The van der Waals surface area contributed by atoms with E-state index in [0.29, 0.717) is 12.0 Å². The summed E-state index contributed by atoms with van der Waals surface area (Å²) in [7, 11) is 0. The molecule has 0 bridgehead atoms. The van der Waals surface area contributed by atoms with Crippen LogP contribution < -0.4 is 10.6 Å². The Morgan fingerprint density at radius 2 is 1.91 bits per heavy atom. The van der Waals surface area contributed by atoms with Crippen LogP contribution in [0.15, 0.2) is 42.5 Å². The molecular formula is C19H27ClN2. The molecule has 0 radical (unpaired) electrons. The number of nitrogens with two attached hydrogens (primary N) is 1. The number of piperidine rings is 1. The Morgan fingerprint density at radius 1 is 1.14 bits per heavy atom. The third kappa shape index (κ3) is 3.74. The number of unbranched alkanes of at least 4 members (excludes halogenated alkanes) is 1. The maximum absolute atomic E-state index is 6.32. The highest BCUT2D eigenvalue weighted by Crippen LogP contribution is 2.28. The second-order valence-electron chi connectivity index (χ2n) is 6.33. The van der Waals surface area contributed by atoms with Crippen molar-refractivity contribution in [2.75, 3.05) is 18.0 Å². The van der Waals surface area contributed by atoms with Crippen molar-refractivity contribution in [2.45, 2.75) is 38.6 Å². The van der Waals surface area contributed by atoms with Gasteiger partial charge < -0.3 is 10.6 Å². The molecule has 2 N–H and O–H groups in total. The number of benzene rings is 2. The van der Waals surface area contributed by atoms with Crippen LogP contribution >= 0.6 is 12.4 Å². The van der Waals surface area contributed by atoms with Crippen LogP contribution in [0.3, 0.4) is 0 Å². The third-order valence-corrected chi connectivity index (χ3v) is 4.82. The molecule has 1 heterocycles. The minimum Gasteiger partial charge on any atom is -0.371 e. The number of rotatable bonds is 4. The predicted molar refractivity (Wildman–Crippen MR) is 99.0 cm³/mol. The Kier molecular flexibility index (Phi) is 6.10. The zero-order valence-corrected chi connectivity index (χ0v) is 14.2. The molecule has 0 aromatic heterocycles. The fourth-order valence-electron chi connectivity index (χ4n) is 3.43. The average molecular weight is 319 g/mol. The van der Waals surface area contributed by atoms with E-state index in [9.17, 15) is 0 Å². The van der Waals surface area contributed by atoms with Crippen molar-refractivity contribution in [3.05, 3.63) is 42.5 Å². The van der Waals surface area contributed by atoms with E-state index in [-0.39, 0.29) is 12.4 Å². The van der Waals surface area contributed by atoms with Gasteiger partial charge in [-0.3, -0.25) is 0 Å². The van der Waals surface area contributed by atoms with Crippen LogP contribution in [-0.4, -0.2) is 19.1 Å². The monoisotopic (exact) mass is 318 g/mol. The second-order valence-corrected chi connectivity index (χ2v) is 6.33. The van der Waals surface area contributed by atoms with Crippen LogP contribution in [0.1, 0.15) is 32.6 Å². The molecular weight excluding hydrogens is 292 g/mol. The van der Waals surface area contributed by atoms with Crippen molar-refractivity contribution in [2.24, 2.45) is 11.7 Å². The van der Waals surface area contributed by atoms with Crippen LogP contribution in [-0.2, 0) is 0 Å². The van der Waals surface area contributed by atoms with Gasteiger partial charge >= 0.3 is 0 Å². The lowest BCUT2D eigenvalue weighted by Crippen LogP contribution is -2.47. The number of fused-ring (bicyclic) bond motifs is 1. The van der Waals surface area contributed by atoms with Gasteiger partial charge in [0.05, 0.1) is 0 Å². The molecule has 1 fully saturated rings. The number of anilines is 1. The molecule has 2 aromatic carbocycles. The van der Waals surface area contributed by atoms with E-state index in [4.69, 9.17) is 5.73 Å². The molecule has 120 valence electrons. The van der Waals surface area contributed by atoms with Gasteiger partial charge in [-0.25, -0.2) is 0 Å². The third-order valence-electron chi connectivity index (χ3n) is 4.82. The summed E-state index contributed by atoms with van der Waals surface area (Å²) in [5.74, 6) is 0.644. The molecule has 0 saturated carbocycles. The van der Waals surface area contributed by atoms with Gasteiger partial charge in [0.2, 0.25) is 0 Å². The SMILES string of the molecule is CCCC[C@@H]1CN(c2ccc3ccccc3c2)CC[C@@H]1N.Cl. The van der Waals surface area contributed by atoms with E-state index in [0.717, 1.165) is 19.5 Å². The first kappa shape index (κ1) is 17.1. The first-order chi connectivity index (χ1) is 10.3. The molecule has 3 heteroatoms. The summed E-state index contributed by atoms with van der Waals surface area (Å²) in [4.78, 5) is 2.52. The van der Waals surface area contributed by atoms with Gasteiger partial charge in [0.15, 0.2) is 0 Å². The van der Waals surface area contributed by atoms with Crippen molar-refractivity contribution in [1.29, 1.82) is 0 Å². The highest BCUT2D eigenvalue weighted by atomic mass is 35.5. The van der Waals surface area contributed by atoms with E-state index in [1.54, 1.807) is 0 Å². The molecule has 2 nitrogen and oxygen atoms in total. The molecule has 0 spiro atoms. The van der Waals surface area contributed by atoms with Crippen molar-refractivity contribution in [1.82, 2.24) is 0 Å². The second kappa shape index (κ2) is 7.85. The van der Waals surface area contributed by atoms with E-state index >= 15 is 0 Å². The molecule has 1 aliphatic rings. The highest BCUT2D eigenvalue weighted by Gasteiger charge is 2.26. The fourth-order valence-corrected chi connectivity index (χ4v) is 3.43. The summed E-state index contributed by atoms with van der Waals surface area (Å²) < 4.78 is 0. The molecule has 0 unspecified atom stereocenters. The molecule has 2 atom stereocenters. The van der Waals surface area contributed by atoms with E-state index in [1.165, 1.54) is 35.7 Å². The molecule has 1 saturated heterocycles. The van der Waals surface area contributed by atoms with E-state index < -0.39 is 0 Å². The van der Waals surface area contributed by atoms with E-state index in [1.807, 2.05) is 0 Å². The minimum atomic E-state index is 0. The zero-order valence-electron chi connectivity index (χ0n) is 13.4. The Bertz CT molecular complexity index is 599. The Hall–Kier alpha value is -1.25. The van der Waals surface area contributed by atoms with Crippen LogP contribution in [0.4, 0.5) is 5.69 Å². The van der Waals surface area contributed by atoms with Crippen molar-refractivity contribution >= 4 is 28.9 Å². The van der Waals surface area contributed by atoms with Crippen molar-refractivity contribution < 1.29 is 0 Å². The van der Waals surface area contributed by atoms with Gasteiger partial charge in [-0.1, -0.05) is 50.1 Å².